The fraction of sp³-hybridized carbons (Fsp3) is 0.727. The summed E-state index contributed by atoms with van der Waals surface area (Å²) in [5.41, 5.74) is 11.1. The van der Waals surface area contributed by atoms with Crippen molar-refractivity contribution in [3.05, 3.63) is 0 Å². The van der Waals surface area contributed by atoms with Gasteiger partial charge in [0, 0.05) is 6.04 Å². The molecule has 0 radical (unpaired) electrons. The molecule has 1 heterocycles. The van der Waals surface area contributed by atoms with Crippen LogP contribution in [0.5, 0.6) is 0 Å². The summed E-state index contributed by atoms with van der Waals surface area (Å²) < 4.78 is 0. The Balaban J connectivity index is 1.99. The average molecular weight is 236 g/mol. The van der Waals surface area contributed by atoms with Gasteiger partial charge in [0.25, 0.3) is 0 Å². The van der Waals surface area contributed by atoms with Gasteiger partial charge in [0.15, 0.2) is 0 Å². The van der Waals surface area contributed by atoms with Crippen molar-refractivity contribution >= 4 is 17.8 Å². The highest BCUT2D eigenvalue weighted by Crippen LogP contribution is 2.24. The van der Waals surface area contributed by atoms with Crippen LogP contribution < -0.4 is 16.8 Å². The molecule has 1 aliphatic rings. The van der Waals surface area contributed by atoms with Crippen LogP contribution in [-0.2, 0) is 0 Å². The number of nitrogens with two attached hydrogens (primary N) is 2. The molecule has 17 heavy (non-hydrogen) atoms. The molecule has 0 spiro atoms. The maximum atomic E-state index is 5.54. The van der Waals surface area contributed by atoms with Crippen molar-refractivity contribution < 1.29 is 0 Å². The molecule has 2 unspecified atom stereocenters. The molecular weight excluding hydrogens is 216 g/mol. The lowest BCUT2D eigenvalue weighted by Gasteiger charge is -2.16. The zero-order valence-corrected chi connectivity index (χ0v) is 10.2. The molecule has 6 nitrogen and oxygen atoms in total. The van der Waals surface area contributed by atoms with Gasteiger partial charge in [-0.3, -0.25) is 0 Å². The minimum atomic E-state index is 0.169. The second-order valence-corrected chi connectivity index (χ2v) is 4.83. The Labute approximate surface area is 101 Å². The van der Waals surface area contributed by atoms with Gasteiger partial charge in [-0.25, -0.2) is 0 Å². The van der Waals surface area contributed by atoms with E-state index in [-0.39, 0.29) is 11.9 Å². The molecule has 1 aliphatic carbocycles. The highest BCUT2D eigenvalue weighted by atomic mass is 15.2. The molecule has 1 aromatic heterocycles. The van der Waals surface area contributed by atoms with Crippen LogP contribution in [0.25, 0.3) is 0 Å². The first-order chi connectivity index (χ1) is 8.13. The zero-order chi connectivity index (χ0) is 12.3. The van der Waals surface area contributed by atoms with Crippen molar-refractivity contribution in [1.82, 2.24) is 15.0 Å². The molecule has 1 saturated carbocycles. The Hall–Kier alpha value is -1.59. The third-order valence-corrected chi connectivity index (χ3v) is 3.26. The molecule has 0 aliphatic heterocycles. The predicted molar refractivity (Wildman–Crippen MR) is 68.3 cm³/mol. The van der Waals surface area contributed by atoms with E-state index in [1.165, 1.54) is 19.3 Å². The fourth-order valence-corrected chi connectivity index (χ4v) is 2.29. The summed E-state index contributed by atoms with van der Waals surface area (Å²) in [7, 11) is 0. The normalized spacial score (nSPS) is 25.2. The lowest BCUT2D eigenvalue weighted by molar-refractivity contribution is 0.501. The molecule has 0 saturated heterocycles. The quantitative estimate of drug-likeness (QED) is 0.671. The van der Waals surface area contributed by atoms with E-state index in [0.29, 0.717) is 12.0 Å². The molecule has 6 heteroatoms. The van der Waals surface area contributed by atoms with Gasteiger partial charge in [-0.2, -0.15) is 15.0 Å². The molecule has 94 valence electrons. The average Bonchev–Trinajstić information content (AvgIpc) is 2.42. The van der Waals surface area contributed by atoms with Crippen LogP contribution in [0.15, 0.2) is 0 Å². The molecular formula is C11H20N6. The Morgan fingerprint density at radius 1 is 1.00 bits per heavy atom. The van der Waals surface area contributed by atoms with Crippen LogP contribution in [0.3, 0.4) is 0 Å². The molecule has 1 fully saturated rings. The predicted octanol–water partition coefficient (Wildman–Crippen LogP) is 1.42. The molecule has 0 aromatic carbocycles. The summed E-state index contributed by atoms with van der Waals surface area (Å²) in [6, 6.07) is 0.418. The third kappa shape index (κ3) is 3.44. The third-order valence-electron chi connectivity index (χ3n) is 3.26. The number of hydrogen-bond donors (Lipinski definition) is 3. The first-order valence-corrected chi connectivity index (χ1v) is 6.17. The standard InChI is InChI=1S/C11H20N6/c1-7-3-2-4-8(6-5-7)14-11-16-9(12)15-10(13)17-11/h7-8H,2-6H2,1H3,(H5,12,13,14,15,16,17). The first kappa shape index (κ1) is 11.9. The number of aromatic nitrogens is 3. The van der Waals surface area contributed by atoms with Crippen LogP contribution >= 0.6 is 0 Å². The maximum Gasteiger partial charge on any atom is 0.229 e. The maximum absolute atomic E-state index is 5.54. The highest BCUT2D eigenvalue weighted by molar-refractivity contribution is 5.37. The number of nitrogens with one attached hydrogen (secondary N) is 1. The van der Waals surface area contributed by atoms with Gasteiger partial charge in [-0.05, 0) is 25.2 Å². The Bertz CT molecular complexity index is 360. The van der Waals surface area contributed by atoms with Gasteiger partial charge in [-0.15, -0.1) is 0 Å². The fourth-order valence-electron chi connectivity index (χ4n) is 2.29. The topological polar surface area (TPSA) is 103 Å². The van der Waals surface area contributed by atoms with Crippen LogP contribution in [0.2, 0.25) is 0 Å². The monoisotopic (exact) mass is 236 g/mol. The second kappa shape index (κ2) is 5.16. The number of rotatable bonds is 2. The SMILES string of the molecule is CC1CCCC(Nc2nc(N)nc(N)n2)CC1. The zero-order valence-electron chi connectivity index (χ0n) is 10.2. The summed E-state index contributed by atoms with van der Waals surface area (Å²) in [4.78, 5) is 11.8. The van der Waals surface area contributed by atoms with E-state index in [0.717, 1.165) is 18.8 Å². The summed E-state index contributed by atoms with van der Waals surface area (Å²) in [5.74, 6) is 1.65. The van der Waals surface area contributed by atoms with Crippen molar-refractivity contribution in [2.45, 2.75) is 45.1 Å². The second-order valence-electron chi connectivity index (χ2n) is 4.83. The summed E-state index contributed by atoms with van der Waals surface area (Å²) in [5, 5.41) is 3.30. The minimum Gasteiger partial charge on any atom is -0.368 e. The minimum absolute atomic E-state index is 0.169. The van der Waals surface area contributed by atoms with E-state index in [1.54, 1.807) is 0 Å². The first-order valence-electron chi connectivity index (χ1n) is 6.17. The van der Waals surface area contributed by atoms with Gasteiger partial charge in [0.2, 0.25) is 17.8 Å². The van der Waals surface area contributed by atoms with Crippen molar-refractivity contribution in [1.29, 1.82) is 0 Å². The molecule has 0 bridgehead atoms. The summed E-state index contributed by atoms with van der Waals surface area (Å²) in [6.07, 6.45) is 6.09. The van der Waals surface area contributed by atoms with Gasteiger partial charge in [-0.1, -0.05) is 19.8 Å². The number of nitrogen functional groups attached to an aromatic ring is 2. The van der Waals surface area contributed by atoms with Crippen LogP contribution in [-0.4, -0.2) is 21.0 Å². The van der Waals surface area contributed by atoms with E-state index in [4.69, 9.17) is 11.5 Å². The lowest BCUT2D eigenvalue weighted by Crippen LogP contribution is -2.21. The van der Waals surface area contributed by atoms with E-state index in [2.05, 4.69) is 27.2 Å². The summed E-state index contributed by atoms with van der Waals surface area (Å²) >= 11 is 0. The van der Waals surface area contributed by atoms with Gasteiger partial charge >= 0.3 is 0 Å². The van der Waals surface area contributed by atoms with Gasteiger partial charge in [0.1, 0.15) is 0 Å². The van der Waals surface area contributed by atoms with E-state index in [1.807, 2.05) is 0 Å². The smallest absolute Gasteiger partial charge is 0.229 e. The largest absolute Gasteiger partial charge is 0.368 e. The van der Waals surface area contributed by atoms with Crippen LogP contribution in [0, 0.1) is 5.92 Å². The van der Waals surface area contributed by atoms with Crippen LogP contribution in [0.1, 0.15) is 39.0 Å². The number of nitrogens with zero attached hydrogens (tertiary/aromatic N) is 3. The van der Waals surface area contributed by atoms with Gasteiger partial charge < -0.3 is 16.8 Å². The van der Waals surface area contributed by atoms with E-state index in [9.17, 15) is 0 Å². The molecule has 5 N–H and O–H groups in total. The van der Waals surface area contributed by atoms with Crippen LogP contribution in [0.4, 0.5) is 17.8 Å². The number of anilines is 3. The van der Waals surface area contributed by atoms with Gasteiger partial charge in [0.05, 0.1) is 0 Å². The highest BCUT2D eigenvalue weighted by Gasteiger charge is 2.17. The van der Waals surface area contributed by atoms with Crippen molar-refractivity contribution in [3.63, 3.8) is 0 Å². The van der Waals surface area contributed by atoms with Crippen molar-refractivity contribution in [2.75, 3.05) is 16.8 Å². The Kier molecular flexibility index (Phi) is 3.61. The molecule has 2 atom stereocenters. The Morgan fingerprint density at radius 3 is 2.41 bits per heavy atom. The number of hydrogen-bond acceptors (Lipinski definition) is 6. The van der Waals surface area contributed by atoms with Crippen molar-refractivity contribution in [2.24, 2.45) is 5.92 Å². The molecule has 0 amide bonds. The molecule has 2 rings (SSSR count). The van der Waals surface area contributed by atoms with Crippen molar-refractivity contribution in [3.8, 4) is 0 Å². The molecule has 1 aromatic rings. The lowest BCUT2D eigenvalue weighted by atomic mass is 10.0. The summed E-state index contributed by atoms with van der Waals surface area (Å²) in [6.45, 7) is 2.31. The Morgan fingerprint density at radius 2 is 1.71 bits per heavy atom. The van der Waals surface area contributed by atoms with E-state index >= 15 is 0 Å². The van der Waals surface area contributed by atoms with E-state index < -0.39 is 0 Å².